The van der Waals surface area contributed by atoms with Crippen molar-refractivity contribution in [1.82, 2.24) is 9.80 Å². The third-order valence-corrected chi connectivity index (χ3v) is 6.64. The molecule has 1 amide bonds. The Labute approximate surface area is 170 Å². The highest BCUT2D eigenvalue weighted by atomic mass is 79.9. The summed E-state index contributed by atoms with van der Waals surface area (Å²) in [5.74, 6) is 0.133. The van der Waals surface area contributed by atoms with E-state index in [1.165, 1.54) is 11.3 Å². The summed E-state index contributed by atoms with van der Waals surface area (Å²) in [6.07, 6.45) is 8.72. The van der Waals surface area contributed by atoms with Crippen molar-refractivity contribution in [2.45, 2.75) is 50.7 Å². The van der Waals surface area contributed by atoms with Gasteiger partial charge in [0.15, 0.2) is 0 Å². The topological polar surface area (TPSA) is 32.8 Å². The van der Waals surface area contributed by atoms with Crippen LogP contribution < -0.4 is 0 Å². The number of thiophene rings is 1. The highest BCUT2D eigenvalue weighted by Gasteiger charge is 2.27. The van der Waals surface area contributed by atoms with Crippen molar-refractivity contribution in [3.8, 4) is 0 Å². The molecule has 1 aromatic heterocycles. The maximum atomic E-state index is 12.6. The van der Waals surface area contributed by atoms with Gasteiger partial charge in [0.1, 0.15) is 0 Å². The summed E-state index contributed by atoms with van der Waals surface area (Å²) < 4.78 is 7.06. The minimum atomic E-state index is 0.133. The van der Waals surface area contributed by atoms with Crippen molar-refractivity contribution in [3.05, 3.63) is 33.5 Å². The zero-order valence-electron chi connectivity index (χ0n) is 16.0. The number of unbranched alkanes of at least 4 members (excludes halogenated alkanes) is 1. The summed E-state index contributed by atoms with van der Waals surface area (Å²) >= 11 is 4.93. The van der Waals surface area contributed by atoms with Gasteiger partial charge in [-0.05, 0) is 80.2 Å². The van der Waals surface area contributed by atoms with Crippen molar-refractivity contribution in [2.75, 3.05) is 33.8 Å². The zero-order chi connectivity index (χ0) is 18.9. The SMILES string of the molecule is C=CCN(C)CCCCOC1CCC(N(C)C(=O)c2ccc(Br)s2)CC1. The van der Waals surface area contributed by atoms with Gasteiger partial charge in [0, 0.05) is 26.2 Å². The van der Waals surface area contributed by atoms with Gasteiger partial charge in [0.2, 0.25) is 0 Å². The molecule has 146 valence electrons. The van der Waals surface area contributed by atoms with Crippen LogP contribution in [0.1, 0.15) is 48.2 Å². The van der Waals surface area contributed by atoms with Gasteiger partial charge in [0.05, 0.1) is 14.8 Å². The quantitative estimate of drug-likeness (QED) is 0.384. The predicted molar refractivity (Wildman–Crippen MR) is 113 cm³/mol. The lowest BCUT2D eigenvalue weighted by atomic mass is 9.92. The summed E-state index contributed by atoms with van der Waals surface area (Å²) in [5.41, 5.74) is 0. The van der Waals surface area contributed by atoms with E-state index in [1.807, 2.05) is 30.2 Å². The molecule has 1 saturated carbocycles. The van der Waals surface area contributed by atoms with Crippen LogP contribution in [-0.4, -0.2) is 61.6 Å². The molecule has 0 atom stereocenters. The molecule has 1 aliphatic rings. The second-order valence-corrected chi connectivity index (χ2v) is 9.54. The van der Waals surface area contributed by atoms with Gasteiger partial charge in [-0.15, -0.1) is 17.9 Å². The lowest BCUT2D eigenvalue weighted by Gasteiger charge is -2.34. The summed E-state index contributed by atoms with van der Waals surface area (Å²) in [6.45, 7) is 6.64. The van der Waals surface area contributed by atoms with Gasteiger partial charge >= 0.3 is 0 Å². The van der Waals surface area contributed by atoms with Crippen LogP contribution >= 0.6 is 27.3 Å². The lowest BCUT2D eigenvalue weighted by Crippen LogP contribution is -2.40. The van der Waals surface area contributed by atoms with Gasteiger partial charge in [-0.3, -0.25) is 4.79 Å². The minimum Gasteiger partial charge on any atom is -0.378 e. The Morgan fingerprint density at radius 2 is 2.04 bits per heavy atom. The fourth-order valence-corrected chi connectivity index (χ4v) is 4.78. The first-order valence-corrected chi connectivity index (χ1v) is 11.1. The molecule has 1 aliphatic carbocycles. The molecule has 1 fully saturated rings. The average molecular weight is 443 g/mol. The average Bonchev–Trinajstić information content (AvgIpc) is 3.07. The molecule has 1 aromatic rings. The summed E-state index contributed by atoms with van der Waals surface area (Å²) in [4.78, 5) is 17.6. The normalized spacial score (nSPS) is 20.3. The zero-order valence-corrected chi connectivity index (χ0v) is 18.4. The molecule has 0 bridgehead atoms. The van der Waals surface area contributed by atoms with E-state index >= 15 is 0 Å². The molecule has 6 heteroatoms. The molecule has 0 saturated heterocycles. The number of ether oxygens (including phenoxy) is 1. The standard InChI is InChI=1S/C20H31BrN2O2S/c1-4-13-22(2)14-5-6-15-25-17-9-7-16(8-10-17)23(3)20(24)18-11-12-19(21)26-18/h4,11-12,16-17H,1,5-10,13-15H2,2-3H3. The van der Waals surface area contributed by atoms with Crippen LogP contribution in [-0.2, 0) is 4.74 Å². The smallest absolute Gasteiger partial charge is 0.263 e. The molecule has 0 spiro atoms. The number of carbonyl (C=O) groups excluding carboxylic acids is 1. The Bertz CT molecular complexity index is 570. The third kappa shape index (κ3) is 6.80. The van der Waals surface area contributed by atoms with Gasteiger partial charge in [-0.1, -0.05) is 6.08 Å². The van der Waals surface area contributed by atoms with Gasteiger partial charge in [-0.25, -0.2) is 0 Å². The lowest BCUT2D eigenvalue weighted by molar-refractivity contribution is 0.00888. The van der Waals surface area contributed by atoms with Crippen molar-refractivity contribution in [3.63, 3.8) is 0 Å². The van der Waals surface area contributed by atoms with Gasteiger partial charge < -0.3 is 14.5 Å². The molecular weight excluding hydrogens is 412 g/mol. The Morgan fingerprint density at radius 1 is 1.31 bits per heavy atom. The van der Waals surface area contributed by atoms with E-state index in [0.717, 1.165) is 66.9 Å². The Balaban J connectivity index is 1.62. The van der Waals surface area contributed by atoms with Crippen LogP contribution in [0.2, 0.25) is 0 Å². The molecule has 1 heterocycles. The maximum absolute atomic E-state index is 12.6. The van der Waals surface area contributed by atoms with Crippen LogP contribution in [0.3, 0.4) is 0 Å². The molecule has 0 radical (unpaired) electrons. The third-order valence-electron chi connectivity index (χ3n) is 5.02. The van der Waals surface area contributed by atoms with Crippen molar-refractivity contribution < 1.29 is 9.53 Å². The molecule has 2 rings (SSSR count). The van der Waals surface area contributed by atoms with Crippen LogP contribution in [0.5, 0.6) is 0 Å². The highest BCUT2D eigenvalue weighted by molar-refractivity contribution is 9.11. The Kier molecular flexibility index (Phi) is 9.33. The molecular formula is C20H31BrN2O2S. The number of nitrogens with zero attached hydrogens (tertiary/aromatic N) is 2. The number of likely N-dealkylation sites (N-methyl/N-ethyl adjacent to an activating group) is 1. The monoisotopic (exact) mass is 442 g/mol. The van der Waals surface area contributed by atoms with E-state index in [9.17, 15) is 4.79 Å². The van der Waals surface area contributed by atoms with E-state index in [2.05, 4.69) is 34.5 Å². The van der Waals surface area contributed by atoms with E-state index in [4.69, 9.17) is 4.74 Å². The Hall–Kier alpha value is -0.690. The highest BCUT2D eigenvalue weighted by Crippen LogP contribution is 2.28. The Morgan fingerprint density at radius 3 is 2.65 bits per heavy atom. The van der Waals surface area contributed by atoms with Crippen LogP contribution in [0.15, 0.2) is 28.6 Å². The number of halogens is 1. The molecule has 0 aliphatic heterocycles. The van der Waals surface area contributed by atoms with Crippen molar-refractivity contribution in [1.29, 1.82) is 0 Å². The molecule has 0 aromatic carbocycles. The fraction of sp³-hybridized carbons (Fsp3) is 0.650. The first kappa shape index (κ1) is 21.6. The number of amides is 1. The largest absolute Gasteiger partial charge is 0.378 e. The van der Waals surface area contributed by atoms with E-state index < -0.39 is 0 Å². The number of hydrogen-bond acceptors (Lipinski definition) is 4. The second-order valence-electron chi connectivity index (χ2n) is 7.08. The maximum Gasteiger partial charge on any atom is 0.263 e. The fourth-order valence-electron chi connectivity index (χ4n) is 3.41. The van der Waals surface area contributed by atoms with Crippen LogP contribution in [0.25, 0.3) is 0 Å². The predicted octanol–water partition coefficient (Wildman–Crippen LogP) is 4.81. The second kappa shape index (κ2) is 11.2. The summed E-state index contributed by atoms with van der Waals surface area (Å²) in [6, 6.07) is 4.16. The number of carbonyl (C=O) groups is 1. The molecule has 0 N–H and O–H groups in total. The van der Waals surface area contributed by atoms with E-state index in [-0.39, 0.29) is 5.91 Å². The molecule has 26 heavy (non-hydrogen) atoms. The van der Waals surface area contributed by atoms with Gasteiger partial charge in [0.25, 0.3) is 5.91 Å². The number of rotatable bonds is 10. The molecule has 0 unspecified atom stereocenters. The van der Waals surface area contributed by atoms with Crippen LogP contribution in [0.4, 0.5) is 0 Å². The van der Waals surface area contributed by atoms with Crippen LogP contribution in [0, 0.1) is 0 Å². The first-order valence-electron chi connectivity index (χ1n) is 9.44. The summed E-state index contributed by atoms with van der Waals surface area (Å²) in [7, 11) is 4.05. The van der Waals surface area contributed by atoms with Crippen molar-refractivity contribution >= 4 is 33.2 Å². The summed E-state index contributed by atoms with van der Waals surface area (Å²) in [5, 5.41) is 0. The first-order chi connectivity index (χ1) is 12.5. The van der Waals surface area contributed by atoms with Gasteiger partial charge in [-0.2, -0.15) is 0 Å². The molecule has 4 nitrogen and oxygen atoms in total. The number of hydrogen-bond donors (Lipinski definition) is 0. The van der Waals surface area contributed by atoms with Crippen molar-refractivity contribution in [2.24, 2.45) is 0 Å². The van der Waals surface area contributed by atoms with E-state index in [1.54, 1.807) is 0 Å². The minimum absolute atomic E-state index is 0.133. The van der Waals surface area contributed by atoms with E-state index in [0.29, 0.717) is 12.1 Å².